The third-order valence-corrected chi connectivity index (χ3v) is 3.96. The maximum atomic E-state index is 13.7. The van der Waals surface area contributed by atoms with E-state index in [9.17, 15) is 13.6 Å². The lowest BCUT2D eigenvalue weighted by atomic mass is 10.1. The molecule has 2 aromatic rings. The quantitative estimate of drug-likeness (QED) is 0.870. The highest BCUT2D eigenvalue weighted by Crippen LogP contribution is 2.16. The van der Waals surface area contributed by atoms with Gasteiger partial charge in [-0.05, 0) is 25.9 Å². The topological polar surface area (TPSA) is 38.1 Å². The predicted molar refractivity (Wildman–Crippen MR) is 76.2 cm³/mol. The van der Waals surface area contributed by atoms with E-state index in [4.69, 9.17) is 0 Å². The first-order valence-electron chi connectivity index (χ1n) is 7.22. The van der Waals surface area contributed by atoms with Gasteiger partial charge in [0.1, 0.15) is 11.3 Å². The molecule has 1 aromatic heterocycles. The van der Waals surface area contributed by atoms with Crippen molar-refractivity contribution in [3.05, 3.63) is 40.3 Å². The first-order chi connectivity index (χ1) is 10.1. The van der Waals surface area contributed by atoms with Crippen molar-refractivity contribution >= 4 is 11.0 Å². The Morgan fingerprint density at radius 3 is 2.62 bits per heavy atom. The zero-order valence-electron chi connectivity index (χ0n) is 11.7. The molecule has 0 bridgehead atoms. The average molecular weight is 293 g/mol. The van der Waals surface area contributed by atoms with Crippen LogP contribution in [0.25, 0.3) is 11.0 Å². The molecule has 0 unspecified atom stereocenters. The van der Waals surface area contributed by atoms with Crippen molar-refractivity contribution < 1.29 is 8.78 Å². The molecule has 4 nitrogen and oxygen atoms in total. The van der Waals surface area contributed by atoms with Gasteiger partial charge in [-0.25, -0.2) is 13.8 Å². The summed E-state index contributed by atoms with van der Waals surface area (Å²) in [4.78, 5) is 18.0. The lowest BCUT2D eigenvalue weighted by Gasteiger charge is -2.26. The molecule has 1 aliphatic rings. The molecule has 0 radical (unpaired) electrons. The summed E-state index contributed by atoms with van der Waals surface area (Å²) in [5.41, 5.74) is -0.0730. The number of halogens is 2. The van der Waals surface area contributed by atoms with E-state index in [-0.39, 0.29) is 16.6 Å². The molecular weight excluding hydrogens is 276 g/mol. The molecule has 112 valence electrons. The molecule has 2 heterocycles. The van der Waals surface area contributed by atoms with Crippen LogP contribution in [-0.4, -0.2) is 34.1 Å². The third kappa shape index (κ3) is 2.95. The number of benzene rings is 1. The van der Waals surface area contributed by atoms with Gasteiger partial charge in [0.05, 0.1) is 11.7 Å². The molecule has 0 spiro atoms. The van der Waals surface area contributed by atoms with E-state index in [2.05, 4.69) is 9.88 Å². The molecule has 1 aliphatic heterocycles. The van der Waals surface area contributed by atoms with Gasteiger partial charge in [-0.1, -0.05) is 6.42 Å². The van der Waals surface area contributed by atoms with Crippen LogP contribution >= 0.6 is 0 Å². The normalized spacial score (nSPS) is 16.5. The number of nitrogens with zero attached hydrogens (tertiary/aromatic N) is 3. The van der Waals surface area contributed by atoms with Gasteiger partial charge in [0.25, 0.3) is 5.56 Å². The first-order valence-corrected chi connectivity index (χ1v) is 7.22. The van der Waals surface area contributed by atoms with Crippen LogP contribution in [0.2, 0.25) is 0 Å². The van der Waals surface area contributed by atoms with Gasteiger partial charge in [-0.3, -0.25) is 4.79 Å². The summed E-state index contributed by atoms with van der Waals surface area (Å²) in [6, 6.07) is 1.96. The smallest absolute Gasteiger partial charge is 0.269 e. The van der Waals surface area contributed by atoms with E-state index in [1.54, 1.807) is 0 Å². The Kier molecular flexibility index (Phi) is 3.96. The lowest BCUT2D eigenvalue weighted by molar-refractivity contribution is 0.221. The van der Waals surface area contributed by atoms with Crippen LogP contribution in [0.3, 0.4) is 0 Å². The monoisotopic (exact) mass is 293 g/mol. The van der Waals surface area contributed by atoms with Crippen LogP contribution in [0.5, 0.6) is 0 Å². The minimum Gasteiger partial charge on any atom is -0.304 e. The molecule has 0 aliphatic carbocycles. The second-order valence-electron chi connectivity index (χ2n) is 5.41. The van der Waals surface area contributed by atoms with E-state index < -0.39 is 11.6 Å². The second-order valence-corrected chi connectivity index (χ2v) is 5.41. The molecule has 0 atom stereocenters. The van der Waals surface area contributed by atoms with Crippen LogP contribution in [-0.2, 0) is 6.54 Å². The standard InChI is InChI=1S/C15H17F2N3O/c16-11-8-12(17)15-13(9-11)20(14(21)10-18-15)7-6-19-4-2-1-3-5-19/h8-10H,1-7H2. The summed E-state index contributed by atoms with van der Waals surface area (Å²) in [6.45, 7) is 3.15. The SMILES string of the molecule is O=c1cnc2c(F)cc(F)cc2n1CCN1CCCCC1. The van der Waals surface area contributed by atoms with Crippen molar-refractivity contribution in [3.63, 3.8) is 0 Å². The minimum absolute atomic E-state index is 0.0367. The zero-order chi connectivity index (χ0) is 14.8. The third-order valence-electron chi connectivity index (χ3n) is 3.96. The first kappa shape index (κ1) is 14.1. The van der Waals surface area contributed by atoms with Gasteiger partial charge in [0.2, 0.25) is 0 Å². The van der Waals surface area contributed by atoms with Gasteiger partial charge in [0.15, 0.2) is 5.82 Å². The molecule has 0 saturated carbocycles. The largest absolute Gasteiger partial charge is 0.304 e. The molecule has 6 heteroatoms. The Hall–Kier alpha value is -1.82. The molecule has 1 aromatic carbocycles. The molecule has 1 fully saturated rings. The van der Waals surface area contributed by atoms with Gasteiger partial charge in [0, 0.05) is 25.2 Å². The van der Waals surface area contributed by atoms with Crippen LogP contribution in [0, 0.1) is 11.6 Å². The highest BCUT2D eigenvalue weighted by molar-refractivity contribution is 5.75. The molecular formula is C15H17F2N3O. The fourth-order valence-corrected chi connectivity index (χ4v) is 2.85. The average Bonchev–Trinajstić information content (AvgIpc) is 2.47. The Bertz CT molecular complexity index is 708. The Labute approximate surface area is 121 Å². The van der Waals surface area contributed by atoms with E-state index in [0.717, 1.165) is 38.2 Å². The van der Waals surface area contributed by atoms with Crippen molar-refractivity contribution in [2.75, 3.05) is 19.6 Å². The van der Waals surface area contributed by atoms with Crippen molar-refractivity contribution in [3.8, 4) is 0 Å². The van der Waals surface area contributed by atoms with Crippen LogP contribution in [0.15, 0.2) is 23.1 Å². The minimum atomic E-state index is -0.739. The van der Waals surface area contributed by atoms with E-state index in [1.807, 2.05) is 0 Å². The second kappa shape index (κ2) is 5.89. The number of hydrogen-bond acceptors (Lipinski definition) is 3. The van der Waals surface area contributed by atoms with E-state index in [1.165, 1.54) is 17.1 Å². The predicted octanol–water partition coefficient (Wildman–Crippen LogP) is 2.16. The van der Waals surface area contributed by atoms with Gasteiger partial charge < -0.3 is 9.47 Å². The highest BCUT2D eigenvalue weighted by Gasteiger charge is 2.13. The van der Waals surface area contributed by atoms with Gasteiger partial charge >= 0.3 is 0 Å². The fourth-order valence-electron chi connectivity index (χ4n) is 2.85. The van der Waals surface area contributed by atoms with Crippen LogP contribution in [0.1, 0.15) is 19.3 Å². The molecule has 21 heavy (non-hydrogen) atoms. The number of piperidine rings is 1. The molecule has 0 amide bonds. The lowest BCUT2D eigenvalue weighted by Crippen LogP contribution is -2.34. The Balaban J connectivity index is 1.93. The van der Waals surface area contributed by atoms with E-state index in [0.29, 0.717) is 13.1 Å². The maximum absolute atomic E-state index is 13.7. The number of rotatable bonds is 3. The summed E-state index contributed by atoms with van der Waals surface area (Å²) in [6.07, 6.45) is 4.66. The summed E-state index contributed by atoms with van der Waals surface area (Å²) < 4.78 is 28.5. The van der Waals surface area contributed by atoms with Crippen LogP contribution < -0.4 is 5.56 Å². The molecule has 1 saturated heterocycles. The Morgan fingerprint density at radius 1 is 1.10 bits per heavy atom. The summed E-state index contributed by atoms with van der Waals surface area (Å²) >= 11 is 0. The number of hydrogen-bond donors (Lipinski definition) is 0. The number of likely N-dealkylation sites (tertiary alicyclic amines) is 1. The van der Waals surface area contributed by atoms with Crippen molar-refractivity contribution in [2.45, 2.75) is 25.8 Å². The summed E-state index contributed by atoms with van der Waals surface area (Å²) in [5.74, 6) is -1.43. The molecule has 3 rings (SSSR count). The Morgan fingerprint density at radius 2 is 1.86 bits per heavy atom. The van der Waals surface area contributed by atoms with Gasteiger partial charge in [-0.2, -0.15) is 0 Å². The van der Waals surface area contributed by atoms with E-state index >= 15 is 0 Å². The van der Waals surface area contributed by atoms with Crippen molar-refractivity contribution in [1.82, 2.24) is 14.5 Å². The number of aromatic nitrogens is 2. The molecule has 0 N–H and O–H groups in total. The van der Waals surface area contributed by atoms with Crippen molar-refractivity contribution in [1.29, 1.82) is 0 Å². The highest BCUT2D eigenvalue weighted by atomic mass is 19.1. The number of fused-ring (bicyclic) bond motifs is 1. The van der Waals surface area contributed by atoms with Gasteiger partial charge in [-0.15, -0.1) is 0 Å². The summed E-state index contributed by atoms with van der Waals surface area (Å²) in [5, 5.41) is 0. The summed E-state index contributed by atoms with van der Waals surface area (Å²) in [7, 11) is 0. The fraction of sp³-hybridized carbons (Fsp3) is 0.467. The van der Waals surface area contributed by atoms with Crippen molar-refractivity contribution in [2.24, 2.45) is 0 Å². The maximum Gasteiger partial charge on any atom is 0.269 e. The van der Waals surface area contributed by atoms with Crippen LogP contribution in [0.4, 0.5) is 8.78 Å². The zero-order valence-corrected chi connectivity index (χ0v) is 11.7.